The molecule has 1 fully saturated rings. The van der Waals surface area contributed by atoms with E-state index in [0.29, 0.717) is 12.8 Å². The van der Waals surface area contributed by atoms with Crippen molar-refractivity contribution in [1.29, 1.82) is 0 Å². The van der Waals surface area contributed by atoms with Crippen LogP contribution in [0.4, 0.5) is 8.78 Å². The van der Waals surface area contributed by atoms with Crippen LogP contribution in [0.2, 0.25) is 0 Å². The lowest BCUT2D eigenvalue weighted by atomic mass is 9.82. The first kappa shape index (κ1) is 13.9. The fourth-order valence-electron chi connectivity index (χ4n) is 2.54. The van der Waals surface area contributed by atoms with Crippen LogP contribution in [0.25, 0.3) is 0 Å². The smallest absolute Gasteiger partial charge is 0.254 e. The van der Waals surface area contributed by atoms with E-state index >= 15 is 0 Å². The molecule has 5 heteroatoms. The van der Waals surface area contributed by atoms with Gasteiger partial charge in [-0.1, -0.05) is 25.3 Å². The van der Waals surface area contributed by atoms with Crippen molar-refractivity contribution in [2.75, 3.05) is 6.61 Å². The summed E-state index contributed by atoms with van der Waals surface area (Å²) < 4.78 is 26.6. The molecule has 0 radical (unpaired) electrons. The van der Waals surface area contributed by atoms with Gasteiger partial charge in [0.05, 0.1) is 17.7 Å². The molecule has 2 rings (SSSR count). The monoisotopic (exact) mass is 269 g/mol. The molecule has 0 bridgehead atoms. The predicted octanol–water partition coefficient (Wildman–Crippen LogP) is 2.39. The average molecular weight is 269 g/mol. The van der Waals surface area contributed by atoms with Gasteiger partial charge in [-0.25, -0.2) is 8.78 Å². The van der Waals surface area contributed by atoms with E-state index in [4.69, 9.17) is 0 Å². The molecule has 0 saturated heterocycles. The highest BCUT2D eigenvalue weighted by atomic mass is 19.2. The fourth-order valence-corrected chi connectivity index (χ4v) is 2.54. The lowest BCUT2D eigenvalue weighted by molar-refractivity contribution is 0.0754. The molecule has 1 aromatic carbocycles. The lowest BCUT2D eigenvalue weighted by Gasteiger charge is -2.36. The minimum Gasteiger partial charge on any atom is -0.394 e. The standard InChI is InChI=1S/C14H17F2NO2/c15-11-6-4-5-10(12(11)16)13(19)17-14(9-18)7-2-1-3-8-14/h4-6,18H,1-3,7-9H2,(H,17,19). The SMILES string of the molecule is O=C(NC1(CO)CCCCC1)c1cccc(F)c1F. The van der Waals surface area contributed by atoms with E-state index in [1.54, 1.807) is 0 Å². The molecule has 1 aliphatic rings. The van der Waals surface area contributed by atoms with Crippen molar-refractivity contribution < 1.29 is 18.7 Å². The Morgan fingerprint density at radius 1 is 1.26 bits per heavy atom. The Morgan fingerprint density at radius 3 is 2.58 bits per heavy atom. The van der Waals surface area contributed by atoms with Crippen LogP contribution in [0.1, 0.15) is 42.5 Å². The first-order valence-corrected chi connectivity index (χ1v) is 6.45. The number of rotatable bonds is 3. The van der Waals surface area contributed by atoms with Gasteiger partial charge < -0.3 is 10.4 Å². The van der Waals surface area contributed by atoms with Crippen molar-refractivity contribution >= 4 is 5.91 Å². The molecule has 1 aromatic rings. The van der Waals surface area contributed by atoms with Crippen molar-refractivity contribution in [2.24, 2.45) is 0 Å². The topological polar surface area (TPSA) is 49.3 Å². The molecule has 0 unspecified atom stereocenters. The lowest BCUT2D eigenvalue weighted by Crippen LogP contribution is -2.52. The van der Waals surface area contributed by atoms with Gasteiger partial charge in [0.15, 0.2) is 11.6 Å². The number of halogens is 2. The Labute approximate surface area is 110 Å². The number of nitrogens with one attached hydrogen (secondary N) is 1. The first-order chi connectivity index (χ1) is 9.08. The second-order valence-electron chi connectivity index (χ2n) is 5.05. The molecule has 1 aliphatic carbocycles. The van der Waals surface area contributed by atoms with Crippen molar-refractivity contribution in [1.82, 2.24) is 5.32 Å². The minimum atomic E-state index is -1.15. The van der Waals surface area contributed by atoms with E-state index in [2.05, 4.69) is 5.32 Å². The zero-order chi connectivity index (χ0) is 13.9. The van der Waals surface area contributed by atoms with Crippen LogP contribution in [0.3, 0.4) is 0 Å². The third-order valence-corrected chi connectivity index (χ3v) is 3.69. The van der Waals surface area contributed by atoms with E-state index < -0.39 is 23.1 Å². The number of hydrogen-bond acceptors (Lipinski definition) is 2. The summed E-state index contributed by atoms with van der Waals surface area (Å²) in [6.45, 7) is -0.185. The van der Waals surface area contributed by atoms with Crippen LogP contribution in [0.15, 0.2) is 18.2 Å². The molecule has 0 aliphatic heterocycles. The molecule has 1 saturated carbocycles. The summed E-state index contributed by atoms with van der Waals surface area (Å²) in [5.41, 5.74) is -1.02. The van der Waals surface area contributed by atoms with Crippen LogP contribution in [-0.4, -0.2) is 23.2 Å². The molecule has 19 heavy (non-hydrogen) atoms. The maximum absolute atomic E-state index is 13.5. The van der Waals surface area contributed by atoms with Crippen LogP contribution in [-0.2, 0) is 0 Å². The Bertz CT molecular complexity index is 471. The Kier molecular flexibility index (Phi) is 4.14. The Morgan fingerprint density at radius 2 is 1.95 bits per heavy atom. The third kappa shape index (κ3) is 2.92. The first-order valence-electron chi connectivity index (χ1n) is 6.45. The summed E-state index contributed by atoms with van der Waals surface area (Å²) in [4.78, 5) is 12.0. The zero-order valence-electron chi connectivity index (χ0n) is 10.6. The van der Waals surface area contributed by atoms with Crippen LogP contribution in [0, 0.1) is 11.6 Å². The average Bonchev–Trinajstić information content (AvgIpc) is 2.42. The van der Waals surface area contributed by atoms with Crippen molar-refractivity contribution in [2.45, 2.75) is 37.6 Å². The highest BCUT2D eigenvalue weighted by molar-refractivity contribution is 5.95. The van der Waals surface area contributed by atoms with Crippen molar-refractivity contribution in [3.05, 3.63) is 35.4 Å². The molecule has 0 aromatic heterocycles. The summed E-state index contributed by atoms with van der Waals surface area (Å²) in [6, 6.07) is 3.50. The maximum Gasteiger partial charge on any atom is 0.254 e. The minimum absolute atomic E-state index is 0.185. The second kappa shape index (κ2) is 5.65. The zero-order valence-corrected chi connectivity index (χ0v) is 10.6. The number of carbonyl (C=O) groups excluding carboxylic acids is 1. The summed E-state index contributed by atoms with van der Waals surface area (Å²) in [7, 11) is 0. The molecule has 2 N–H and O–H groups in total. The number of carbonyl (C=O) groups is 1. The third-order valence-electron chi connectivity index (χ3n) is 3.69. The molecule has 0 spiro atoms. The Balaban J connectivity index is 2.17. The maximum atomic E-state index is 13.5. The predicted molar refractivity (Wildman–Crippen MR) is 66.7 cm³/mol. The number of benzene rings is 1. The van der Waals surface area contributed by atoms with Gasteiger partial charge in [-0.15, -0.1) is 0 Å². The van der Waals surface area contributed by atoms with Gasteiger partial charge in [-0.3, -0.25) is 4.79 Å². The van der Waals surface area contributed by atoms with Gasteiger partial charge in [0.25, 0.3) is 5.91 Å². The van der Waals surface area contributed by atoms with Crippen molar-refractivity contribution in [3.63, 3.8) is 0 Å². The number of amides is 1. The Hall–Kier alpha value is -1.49. The molecule has 3 nitrogen and oxygen atoms in total. The van der Waals surface area contributed by atoms with Crippen LogP contribution < -0.4 is 5.32 Å². The molecule has 1 amide bonds. The van der Waals surface area contributed by atoms with Crippen molar-refractivity contribution in [3.8, 4) is 0 Å². The number of hydrogen-bond donors (Lipinski definition) is 2. The van der Waals surface area contributed by atoms with Gasteiger partial charge in [0.1, 0.15) is 0 Å². The fraction of sp³-hybridized carbons (Fsp3) is 0.500. The summed E-state index contributed by atoms with van der Waals surface area (Å²) in [6.07, 6.45) is 4.20. The van der Waals surface area contributed by atoms with Gasteiger partial charge in [-0.2, -0.15) is 0 Å². The van der Waals surface area contributed by atoms with Gasteiger partial charge in [0.2, 0.25) is 0 Å². The van der Waals surface area contributed by atoms with Gasteiger partial charge >= 0.3 is 0 Å². The molecule has 0 atom stereocenters. The van der Waals surface area contributed by atoms with Gasteiger partial charge in [-0.05, 0) is 25.0 Å². The number of aliphatic hydroxyl groups is 1. The molecule has 0 heterocycles. The quantitative estimate of drug-likeness (QED) is 0.885. The number of aliphatic hydroxyl groups excluding tert-OH is 1. The highest BCUT2D eigenvalue weighted by Crippen LogP contribution is 2.28. The summed E-state index contributed by atoms with van der Waals surface area (Å²) in [5.74, 6) is -2.87. The molecular formula is C14H17F2NO2. The van der Waals surface area contributed by atoms with E-state index in [1.807, 2.05) is 0 Å². The molecule has 104 valence electrons. The van der Waals surface area contributed by atoms with E-state index in [-0.39, 0.29) is 12.2 Å². The largest absolute Gasteiger partial charge is 0.394 e. The highest BCUT2D eigenvalue weighted by Gasteiger charge is 2.33. The van der Waals surface area contributed by atoms with Gasteiger partial charge in [0, 0.05) is 0 Å². The summed E-state index contributed by atoms with van der Waals surface area (Å²) >= 11 is 0. The normalized spacial score (nSPS) is 18.1. The van der Waals surface area contributed by atoms with Crippen LogP contribution in [0.5, 0.6) is 0 Å². The second-order valence-corrected chi connectivity index (χ2v) is 5.05. The van der Waals surface area contributed by atoms with E-state index in [9.17, 15) is 18.7 Å². The molecular weight excluding hydrogens is 252 g/mol. The summed E-state index contributed by atoms with van der Waals surface area (Å²) in [5, 5.41) is 12.1. The van der Waals surface area contributed by atoms with E-state index in [1.165, 1.54) is 12.1 Å². The van der Waals surface area contributed by atoms with E-state index in [0.717, 1.165) is 25.3 Å². The van der Waals surface area contributed by atoms with Crippen LogP contribution >= 0.6 is 0 Å².